The lowest BCUT2D eigenvalue weighted by Crippen LogP contribution is -2.21. The van der Waals surface area contributed by atoms with E-state index in [1.54, 1.807) is 29.2 Å². The molecule has 0 aliphatic heterocycles. The van der Waals surface area contributed by atoms with Crippen LogP contribution in [-0.2, 0) is 0 Å². The average molecular weight is 314 g/mol. The SMILES string of the molecule is COc1ccc(C(CN)n2cc(Br)cn2)cc1F. The number of nitrogens with two attached hydrogens (primary N) is 1. The first-order chi connectivity index (χ1) is 8.65. The smallest absolute Gasteiger partial charge is 0.165 e. The van der Waals surface area contributed by atoms with Gasteiger partial charge in [-0.05, 0) is 33.6 Å². The van der Waals surface area contributed by atoms with Gasteiger partial charge in [0.2, 0.25) is 0 Å². The van der Waals surface area contributed by atoms with Crippen molar-refractivity contribution in [1.82, 2.24) is 9.78 Å². The predicted molar refractivity (Wildman–Crippen MR) is 70.1 cm³/mol. The molecular weight excluding hydrogens is 301 g/mol. The van der Waals surface area contributed by atoms with E-state index in [-0.39, 0.29) is 11.8 Å². The Labute approximate surface area is 113 Å². The van der Waals surface area contributed by atoms with E-state index in [1.807, 2.05) is 0 Å². The zero-order valence-electron chi connectivity index (χ0n) is 9.81. The molecule has 4 nitrogen and oxygen atoms in total. The van der Waals surface area contributed by atoms with Crippen molar-refractivity contribution in [2.45, 2.75) is 6.04 Å². The van der Waals surface area contributed by atoms with Crippen LogP contribution in [0.5, 0.6) is 5.75 Å². The second-order valence-corrected chi connectivity index (χ2v) is 4.70. The minimum atomic E-state index is -0.403. The quantitative estimate of drug-likeness (QED) is 0.942. The Kier molecular flexibility index (Phi) is 3.98. The molecule has 1 aromatic carbocycles. The number of aromatic nitrogens is 2. The maximum atomic E-state index is 13.7. The summed E-state index contributed by atoms with van der Waals surface area (Å²) in [5.41, 5.74) is 6.49. The molecule has 0 aliphatic carbocycles. The molecule has 0 saturated heterocycles. The normalized spacial score (nSPS) is 12.4. The van der Waals surface area contributed by atoms with Crippen LogP contribution in [0.2, 0.25) is 0 Å². The topological polar surface area (TPSA) is 53.1 Å². The number of ether oxygens (including phenoxy) is 1. The first kappa shape index (κ1) is 13.0. The number of rotatable bonds is 4. The highest BCUT2D eigenvalue weighted by Crippen LogP contribution is 2.24. The first-order valence-electron chi connectivity index (χ1n) is 5.39. The van der Waals surface area contributed by atoms with Gasteiger partial charge in [0, 0.05) is 12.7 Å². The lowest BCUT2D eigenvalue weighted by atomic mass is 10.1. The van der Waals surface area contributed by atoms with Gasteiger partial charge in [-0.25, -0.2) is 4.39 Å². The summed E-state index contributed by atoms with van der Waals surface area (Å²) in [6.45, 7) is 0.333. The van der Waals surface area contributed by atoms with E-state index in [1.165, 1.54) is 13.2 Å². The summed E-state index contributed by atoms with van der Waals surface area (Å²) >= 11 is 3.32. The van der Waals surface area contributed by atoms with E-state index in [4.69, 9.17) is 10.5 Å². The number of halogens is 2. The average Bonchev–Trinajstić information content (AvgIpc) is 2.77. The predicted octanol–water partition coefficient (Wildman–Crippen LogP) is 2.34. The highest BCUT2D eigenvalue weighted by atomic mass is 79.9. The van der Waals surface area contributed by atoms with Gasteiger partial charge < -0.3 is 10.5 Å². The third-order valence-electron chi connectivity index (χ3n) is 2.67. The zero-order chi connectivity index (χ0) is 13.1. The highest BCUT2D eigenvalue weighted by Gasteiger charge is 2.15. The Bertz CT molecular complexity index is 544. The van der Waals surface area contributed by atoms with Crippen LogP contribution in [0, 0.1) is 5.82 Å². The molecule has 2 aromatic rings. The van der Waals surface area contributed by atoms with Gasteiger partial charge in [-0.15, -0.1) is 0 Å². The summed E-state index contributed by atoms with van der Waals surface area (Å²) in [6.07, 6.45) is 3.47. The summed E-state index contributed by atoms with van der Waals surface area (Å²) in [6, 6.07) is 4.60. The maximum absolute atomic E-state index is 13.7. The number of nitrogens with zero attached hydrogens (tertiary/aromatic N) is 2. The van der Waals surface area contributed by atoms with Gasteiger partial charge in [0.25, 0.3) is 0 Å². The minimum absolute atomic E-state index is 0.197. The van der Waals surface area contributed by atoms with Gasteiger partial charge in [0.15, 0.2) is 11.6 Å². The summed E-state index contributed by atoms with van der Waals surface area (Å²) in [4.78, 5) is 0. The van der Waals surface area contributed by atoms with Gasteiger partial charge in [-0.1, -0.05) is 6.07 Å². The fraction of sp³-hybridized carbons (Fsp3) is 0.250. The first-order valence-corrected chi connectivity index (χ1v) is 6.18. The number of hydrogen-bond acceptors (Lipinski definition) is 3. The van der Waals surface area contributed by atoms with Crippen LogP contribution in [0.4, 0.5) is 4.39 Å². The molecule has 0 bridgehead atoms. The van der Waals surface area contributed by atoms with Crippen molar-refractivity contribution in [3.05, 3.63) is 46.4 Å². The van der Waals surface area contributed by atoms with Crippen molar-refractivity contribution in [1.29, 1.82) is 0 Å². The van der Waals surface area contributed by atoms with Crippen molar-refractivity contribution in [2.75, 3.05) is 13.7 Å². The van der Waals surface area contributed by atoms with Crippen molar-refractivity contribution >= 4 is 15.9 Å². The Balaban J connectivity index is 2.36. The molecule has 1 atom stereocenters. The summed E-state index contributed by atoms with van der Waals surface area (Å²) < 4.78 is 21.1. The zero-order valence-corrected chi connectivity index (χ0v) is 11.4. The van der Waals surface area contributed by atoms with Crippen molar-refractivity contribution < 1.29 is 9.13 Å². The van der Waals surface area contributed by atoms with E-state index in [0.717, 1.165) is 10.0 Å². The van der Waals surface area contributed by atoms with E-state index in [0.29, 0.717) is 6.54 Å². The van der Waals surface area contributed by atoms with Gasteiger partial charge in [-0.2, -0.15) is 5.10 Å². The van der Waals surface area contributed by atoms with Crippen LogP contribution in [-0.4, -0.2) is 23.4 Å². The number of benzene rings is 1. The van der Waals surface area contributed by atoms with Gasteiger partial charge in [-0.3, -0.25) is 4.68 Å². The Morgan fingerprint density at radius 2 is 2.33 bits per heavy atom. The highest BCUT2D eigenvalue weighted by molar-refractivity contribution is 9.10. The minimum Gasteiger partial charge on any atom is -0.494 e. The second kappa shape index (κ2) is 5.49. The molecule has 1 aromatic heterocycles. The Hall–Kier alpha value is -1.40. The third-order valence-corrected chi connectivity index (χ3v) is 3.08. The molecule has 1 unspecified atom stereocenters. The molecule has 0 fully saturated rings. The van der Waals surface area contributed by atoms with Gasteiger partial charge in [0.05, 0.1) is 23.8 Å². The molecular formula is C12H13BrFN3O. The van der Waals surface area contributed by atoms with Crippen molar-refractivity contribution in [2.24, 2.45) is 5.73 Å². The maximum Gasteiger partial charge on any atom is 0.165 e. The molecule has 0 saturated carbocycles. The largest absolute Gasteiger partial charge is 0.494 e. The Morgan fingerprint density at radius 1 is 1.56 bits per heavy atom. The summed E-state index contributed by atoms with van der Waals surface area (Å²) in [5.74, 6) is -0.184. The molecule has 1 heterocycles. The lowest BCUT2D eigenvalue weighted by molar-refractivity contribution is 0.385. The van der Waals surface area contributed by atoms with Gasteiger partial charge >= 0.3 is 0 Å². The van der Waals surface area contributed by atoms with Crippen molar-refractivity contribution in [3.63, 3.8) is 0 Å². The van der Waals surface area contributed by atoms with E-state index < -0.39 is 5.82 Å². The standard InChI is InChI=1S/C12H13BrFN3O/c1-18-12-3-2-8(4-10(12)14)11(5-15)17-7-9(13)6-16-17/h2-4,6-7,11H,5,15H2,1H3. The summed E-state index contributed by atoms with van der Waals surface area (Å²) in [5, 5.41) is 4.17. The van der Waals surface area contributed by atoms with Gasteiger partial charge in [0.1, 0.15) is 0 Å². The number of hydrogen-bond donors (Lipinski definition) is 1. The van der Waals surface area contributed by atoms with E-state index in [9.17, 15) is 4.39 Å². The van der Waals surface area contributed by atoms with Crippen LogP contribution in [0.15, 0.2) is 35.1 Å². The van der Waals surface area contributed by atoms with E-state index >= 15 is 0 Å². The van der Waals surface area contributed by atoms with Crippen LogP contribution in [0.1, 0.15) is 11.6 Å². The molecule has 0 amide bonds. The van der Waals surface area contributed by atoms with Crippen LogP contribution < -0.4 is 10.5 Å². The Morgan fingerprint density at radius 3 is 2.83 bits per heavy atom. The molecule has 0 spiro atoms. The van der Waals surface area contributed by atoms with Crippen LogP contribution in [0.25, 0.3) is 0 Å². The molecule has 2 N–H and O–H groups in total. The lowest BCUT2D eigenvalue weighted by Gasteiger charge is -2.16. The van der Waals surface area contributed by atoms with Crippen LogP contribution >= 0.6 is 15.9 Å². The third kappa shape index (κ3) is 2.54. The summed E-state index contributed by atoms with van der Waals surface area (Å²) in [7, 11) is 1.43. The second-order valence-electron chi connectivity index (χ2n) is 3.78. The molecule has 6 heteroatoms. The van der Waals surface area contributed by atoms with Crippen molar-refractivity contribution in [3.8, 4) is 5.75 Å². The molecule has 0 radical (unpaired) electrons. The molecule has 18 heavy (non-hydrogen) atoms. The van der Waals surface area contributed by atoms with E-state index in [2.05, 4.69) is 21.0 Å². The fourth-order valence-corrected chi connectivity index (χ4v) is 2.07. The number of methoxy groups -OCH3 is 1. The molecule has 96 valence electrons. The van der Waals surface area contributed by atoms with Crippen LogP contribution in [0.3, 0.4) is 0 Å². The fourth-order valence-electron chi connectivity index (χ4n) is 1.77. The molecule has 2 rings (SSSR count). The molecule has 0 aliphatic rings. The monoisotopic (exact) mass is 313 g/mol.